The number of anilines is 1. The lowest BCUT2D eigenvalue weighted by molar-refractivity contribution is -0.116. The van der Waals surface area contributed by atoms with Crippen LogP contribution in [0.25, 0.3) is 10.2 Å². The summed E-state index contributed by atoms with van der Waals surface area (Å²) in [5.41, 5.74) is 0.840. The van der Waals surface area contributed by atoms with Gasteiger partial charge in [-0.2, -0.15) is 0 Å². The third kappa shape index (κ3) is 5.66. The first-order valence-corrected chi connectivity index (χ1v) is 12.1. The van der Waals surface area contributed by atoms with E-state index in [2.05, 4.69) is 4.98 Å². The molecule has 2 aromatic carbocycles. The predicted octanol–water partition coefficient (Wildman–Crippen LogP) is 5.25. The van der Waals surface area contributed by atoms with E-state index >= 15 is 0 Å². The maximum absolute atomic E-state index is 13.2. The molecular weight excluding hydrogens is 447 g/mol. The summed E-state index contributed by atoms with van der Waals surface area (Å²) in [6.45, 7) is 3.84. The molecule has 2 heterocycles. The Bertz CT molecular complexity index is 1160. The number of rotatable bonds is 10. The van der Waals surface area contributed by atoms with Gasteiger partial charge in [-0.05, 0) is 55.8 Å². The van der Waals surface area contributed by atoms with Crippen LogP contribution < -0.4 is 9.64 Å². The Morgan fingerprint density at radius 3 is 2.84 bits per heavy atom. The number of fused-ring (bicyclic) bond motifs is 1. The zero-order chi connectivity index (χ0) is 22.3. The van der Waals surface area contributed by atoms with Gasteiger partial charge in [0.1, 0.15) is 11.6 Å². The quantitative estimate of drug-likeness (QED) is 0.297. The molecule has 166 valence electrons. The van der Waals surface area contributed by atoms with Crippen LogP contribution in [0.2, 0.25) is 0 Å². The molecule has 0 aliphatic carbocycles. The smallest absolute Gasteiger partial charge is 0.239 e. The average Bonchev–Trinajstić information content (AvgIpc) is 3.46. The highest BCUT2D eigenvalue weighted by Gasteiger charge is 2.20. The van der Waals surface area contributed by atoms with Crippen molar-refractivity contribution in [1.82, 2.24) is 14.5 Å². The highest BCUT2D eigenvalue weighted by atomic mass is 32.2. The lowest BCUT2D eigenvalue weighted by Gasteiger charge is -2.20. The molecule has 0 atom stereocenters. The second kappa shape index (κ2) is 10.6. The molecule has 0 saturated heterocycles. The number of hydrogen-bond donors (Lipinski definition) is 0. The standard InChI is InChI=1S/C23H23FN4O2S2/c1-2-30-18-6-9-20-21(14-18)32-23(26-20)28(12-3-11-27-13-10-25-16-27)22(29)15-31-19-7-4-17(24)5-8-19/h4-10,13-14,16H,2-3,11-12,15H2,1H3. The number of aromatic nitrogens is 3. The number of imidazole rings is 1. The number of thioether (sulfide) groups is 1. The van der Waals surface area contributed by atoms with Crippen molar-refractivity contribution in [2.45, 2.75) is 24.8 Å². The van der Waals surface area contributed by atoms with E-state index in [-0.39, 0.29) is 17.5 Å². The molecule has 0 spiro atoms. The fraction of sp³-hybridized carbons (Fsp3) is 0.261. The molecule has 0 bridgehead atoms. The van der Waals surface area contributed by atoms with Gasteiger partial charge in [0, 0.05) is 30.4 Å². The largest absolute Gasteiger partial charge is 0.494 e. The van der Waals surface area contributed by atoms with Gasteiger partial charge in [0.15, 0.2) is 5.13 Å². The Labute approximate surface area is 194 Å². The minimum absolute atomic E-state index is 0.0333. The number of ether oxygens (including phenoxy) is 1. The molecule has 0 unspecified atom stereocenters. The second-order valence-corrected chi connectivity index (χ2v) is 9.06. The van der Waals surface area contributed by atoms with E-state index in [1.54, 1.807) is 29.6 Å². The van der Waals surface area contributed by atoms with E-state index in [9.17, 15) is 9.18 Å². The van der Waals surface area contributed by atoms with Crippen molar-refractivity contribution >= 4 is 44.4 Å². The first-order valence-electron chi connectivity index (χ1n) is 10.3. The number of hydrogen-bond acceptors (Lipinski definition) is 6. The summed E-state index contributed by atoms with van der Waals surface area (Å²) in [5.74, 6) is 0.716. The summed E-state index contributed by atoms with van der Waals surface area (Å²) in [4.78, 5) is 24.5. The summed E-state index contributed by atoms with van der Waals surface area (Å²) >= 11 is 2.87. The topological polar surface area (TPSA) is 60.2 Å². The Kier molecular flexibility index (Phi) is 7.39. The fourth-order valence-corrected chi connectivity index (χ4v) is 4.99. The molecule has 2 aromatic heterocycles. The van der Waals surface area contributed by atoms with E-state index in [0.29, 0.717) is 18.3 Å². The number of halogens is 1. The van der Waals surface area contributed by atoms with Crippen molar-refractivity contribution in [3.05, 3.63) is 67.0 Å². The Morgan fingerprint density at radius 1 is 1.25 bits per heavy atom. The molecule has 6 nitrogen and oxygen atoms in total. The number of aryl methyl sites for hydroxylation is 1. The SMILES string of the molecule is CCOc1ccc2nc(N(CCCn3ccnc3)C(=O)CSc3ccc(F)cc3)sc2c1. The van der Waals surface area contributed by atoms with E-state index in [1.165, 1.54) is 35.2 Å². The molecular formula is C23H23FN4O2S2. The molecule has 4 aromatic rings. The van der Waals surface area contributed by atoms with Crippen molar-refractivity contribution in [3.63, 3.8) is 0 Å². The summed E-state index contributed by atoms with van der Waals surface area (Å²) in [6.07, 6.45) is 6.18. The number of carbonyl (C=O) groups excluding carboxylic acids is 1. The van der Waals surface area contributed by atoms with Crippen LogP contribution >= 0.6 is 23.1 Å². The number of thiazole rings is 1. The van der Waals surface area contributed by atoms with E-state index in [0.717, 1.165) is 33.8 Å². The van der Waals surface area contributed by atoms with Crippen molar-refractivity contribution in [1.29, 1.82) is 0 Å². The van der Waals surface area contributed by atoms with Crippen LogP contribution in [0.4, 0.5) is 9.52 Å². The Hall–Kier alpha value is -2.91. The second-order valence-electron chi connectivity index (χ2n) is 7.00. The lowest BCUT2D eigenvalue weighted by atomic mass is 10.3. The summed E-state index contributed by atoms with van der Waals surface area (Å²) < 4.78 is 21.7. The Balaban J connectivity index is 1.51. The maximum Gasteiger partial charge on any atom is 0.239 e. The van der Waals surface area contributed by atoms with Crippen LogP contribution in [-0.2, 0) is 11.3 Å². The monoisotopic (exact) mass is 470 g/mol. The van der Waals surface area contributed by atoms with Gasteiger partial charge in [0.2, 0.25) is 5.91 Å². The summed E-state index contributed by atoms with van der Waals surface area (Å²) in [6, 6.07) is 11.9. The van der Waals surface area contributed by atoms with Crippen LogP contribution in [-0.4, -0.2) is 39.3 Å². The molecule has 0 aliphatic rings. The first-order chi connectivity index (χ1) is 15.6. The molecule has 1 amide bonds. The minimum Gasteiger partial charge on any atom is -0.494 e. The maximum atomic E-state index is 13.2. The molecule has 32 heavy (non-hydrogen) atoms. The van der Waals surface area contributed by atoms with Gasteiger partial charge < -0.3 is 9.30 Å². The third-order valence-corrected chi connectivity index (χ3v) is 6.76. The third-order valence-electron chi connectivity index (χ3n) is 4.72. The molecule has 0 aliphatic heterocycles. The molecule has 9 heteroatoms. The van der Waals surface area contributed by atoms with Gasteiger partial charge in [-0.1, -0.05) is 11.3 Å². The van der Waals surface area contributed by atoms with Crippen LogP contribution in [0.3, 0.4) is 0 Å². The van der Waals surface area contributed by atoms with Crippen molar-refractivity contribution < 1.29 is 13.9 Å². The van der Waals surface area contributed by atoms with Crippen molar-refractivity contribution in [2.75, 3.05) is 23.8 Å². The fourth-order valence-electron chi connectivity index (χ4n) is 3.18. The van der Waals surface area contributed by atoms with Gasteiger partial charge in [0.25, 0.3) is 0 Å². The molecule has 0 radical (unpaired) electrons. The highest BCUT2D eigenvalue weighted by Crippen LogP contribution is 2.32. The molecule has 0 saturated carbocycles. The zero-order valence-corrected chi connectivity index (χ0v) is 19.2. The van der Waals surface area contributed by atoms with Gasteiger partial charge in [-0.15, -0.1) is 11.8 Å². The normalized spacial score (nSPS) is 11.1. The number of carbonyl (C=O) groups is 1. The van der Waals surface area contributed by atoms with Crippen molar-refractivity contribution in [2.24, 2.45) is 0 Å². The number of amides is 1. The van der Waals surface area contributed by atoms with Crippen molar-refractivity contribution in [3.8, 4) is 5.75 Å². The van der Waals surface area contributed by atoms with E-state index in [1.807, 2.05) is 35.9 Å². The predicted molar refractivity (Wildman–Crippen MR) is 127 cm³/mol. The number of nitrogens with zero attached hydrogens (tertiary/aromatic N) is 4. The van der Waals surface area contributed by atoms with Crippen LogP contribution in [0.5, 0.6) is 5.75 Å². The molecule has 0 fully saturated rings. The van der Waals surface area contributed by atoms with Crippen LogP contribution in [0.15, 0.2) is 66.1 Å². The van der Waals surface area contributed by atoms with E-state index in [4.69, 9.17) is 9.72 Å². The Morgan fingerprint density at radius 2 is 2.09 bits per heavy atom. The van der Waals surface area contributed by atoms with Gasteiger partial charge in [0.05, 0.1) is 28.9 Å². The van der Waals surface area contributed by atoms with Gasteiger partial charge in [-0.3, -0.25) is 9.69 Å². The van der Waals surface area contributed by atoms with E-state index < -0.39 is 0 Å². The van der Waals surface area contributed by atoms with Crippen LogP contribution in [0, 0.1) is 5.82 Å². The highest BCUT2D eigenvalue weighted by molar-refractivity contribution is 8.00. The average molecular weight is 471 g/mol. The molecule has 4 rings (SSSR count). The minimum atomic E-state index is -0.289. The van der Waals surface area contributed by atoms with Gasteiger partial charge in [-0.25, -0.2) is 14.4 Å². The summed E-state index contributed by atoms with van der Waals surface area (Å²) in [7, 11) is 0. The number of benzene rings is 2. The lowest BCUT2D eigenvalue weighted by Crippen LogP contribution is -2.33. The summed E-state index contributed by atoms with van der Waals surface area (Å²) in [5, 5.41) is 0.670. The van der Waals surface area contributed by atoms with Crippen LogP contribution in [0.1, 0.15) is 13.3 Å². The van der Waals surface area contributed by atoms with Gasteiger partial charge >= 0.3 is 0 Å². The molecule has 0 N–H and O–H groups in total. The zero-order valence-electron chi connectivity index (χ0n) is 17.6. The first kappa shape index (κ1) is 22.3.